The molecule has 0 aliphatic carbocycles. The van der Waals surface area contributed by atoms with Crippen molar-refractivity contribution >= 4 is 11.8 Å². The Bertz CT molecular complexity index is 301. The Morgan fingerprint density at radius 1 is 1.38 bits per heavy atom. The van der Waals surface area contributed by atoms with Gasteiger partial charge in [0, 0.05) is 19.1 Å². The first kappa shape index (κ1) is 13.2. The second-order valence-corrected chi connectivity index (χ2v) is 5.18. The fourth-order valence-corrected chi connectivity index (χ4v) is 2.08. The van der Waals surface area contributed by atoms with Crippen LogP contribution < -0.4 is 0 Å². The van der Waals surface area contributed by atoms with Gasteiger partial charge in [-0.2, -0.15) is 0 Å². The van der Waals surface area contributed by atoms with Gasteiger partial charge < -0.3 is 5.11 Å². The zero-order valence-electron chi connectivity index (χ0n) is 10.5. The molecule has 1 rings (SSSR count). The van der Waals surface area contributed by atoms with E-state index in [2.05, 4.69) is 0 Å². The van der Waals surface area contributed by atoms with Crippen LogP contribution in [-0.4, -0.2) is 34.5 Å². The largest absolute Gasteiger partial charge is 0.396 e. The number of rotatable bonds is 4. The molecule has 92 valence electrons. The molecule has 2 atom stereocenters. The van der Waals surface area contributed by atoms with Crippen LogP contribution in [0.2, 0.25) is 0 Å². The van der Waals surface area contributed by atoms with Crippen LogP contribution in [0.25, 0.3) is 0 Å². The van der Waals surface area contributed by atoms with Gasteiger partial charge in [0.1, 0.15) is 0 Å². The first-order chi connectivity index (χ1) is 7.34. The molecule has 0 radical (unpaired) electrons. The molecule has 0 spiro atoms. The molecule has 1 saturated heterocycles. The van der Waals surface area contributed by atoms with Crippen molar-refractivity contribution < 1.29 is 14.7 Å². The van der Waals surface area contributed by atoms with E-state index in [1.54, 1.807) is 6.92 Å². The van der Waals surface area contributed by atoms with E-state index in [0.717, 1.165) is 0 Å². The van der Waals surface area contributed by atoms with Crippen molar-refractivity contribution in [2.75, 3.05) is 6.61 Å². The first-order valence-corrected chi connectivity index (χ1v) is 5.82. The van der Waals surface area contributed by atoms with E-state index in [9.17, 15) is 9.59 Å². The number of hydrogen-bond donors (Lipinski definition) is 1. The molecule has 0 aromatic carbocycles. The molecule has 0 bridgehead atoms. The van der Waals surface area contributed by atoms with E-state index in [1.807, 2.05) is 20.8 Å². The Hall–Kier alpha value is -0.900. The van der Waals surface area contributed by atoms with E-state index in [-0.39, 0.29) is 30.4 Å². The van der Waals surface area contributed by atoms with Crippen molar-refractivity contribution in [2.24, 2.45) is 11.3 Å². The molecule has 0 aromatic heterocycles. The molecule has 1 aliphatic heterocycles. The van der Waals surface area contributed by atoms with Crippen molar-refractivity contribution in [3.63, 3.8) is 0 Å². The van der Waals surface area contributed by atoms with Gasteiger partial charge in [-0.3, -0.25) is 14.5 Å². The van der Waals surface area contributed by atoms with Crippen LogP contribution in [0.4, 0.5) is 0 Å². The lowest BCUT2D eigenvalue weighted by atomic mass is 9.78. The van der Waals surface area contributed by atoms with Crippen LogP contribution in [-0.2, 0) is 9.59 Å². The molecular weight excluding hydrogens is 206 g/mol. The highest BCUT2D eigenvalue weighted by atomic mass is 16.3. The topological polar surface area (TPSA) is 57.6 Å². The van der Waals surface area contributed by atoms with Crippen molar-refractivity contribution in [2.45, 2.75) is 46.6 Å². The second kappa shape index (κ2) is 4.53. The van der Waals surface area contributed by atoms with E-state index in [4.69, 9.17) is 5.11 Å². The Morgan fingerprint density at radius 2 is 1.94 bits per heavy atom. The number of aliphatic hydroxyl groups excluding tert-OH is 1. The summed E-state index contributed by atoms with van der Waals surface area (Å²) in [5.74, 6) is -0.0501. The second-order valence-electron chi connectivity index (χ2n) is 5.18. The Morgan fingerprint density at radius 3 is 2.31 bits per heavy atom. The number of amides is 2. The van der Waals surface area contributed by atoms with Gasteiger partial charge in [0.2, 0.25) is 11.8 Å². The van der Waals surface area contributed by atoms with Gasteiger partial charge in [-0.1, -0.05) is 13.8 Å². The molecule has 4 nitrogen and oxygen atoms in total. The summed E-state index contributed by atoms with van der Waals surface area (Å²) < 4.78 is 0. The minimum Gasteiger partial charge on any atom is -0.396 e. The van der Waals surface area contributed by atoms with Crippen molar-refractivity contribution in [3.05, 3.63) is 0 Å². The van der Waals surface area contributed by atoms with Gasteiger partial charge in [0.05, 0.1) is 5.41 Å². The van der Waals surface area contributed by atoms with Crippen molar-refractivity contribution in [1.82, 2.24) is 4.90 Å². The first-order valence-electron chi connectivity index (χ1n) is 5.82. The highest BCUT2D eigenvalue weighted by Crippen LogP contribution is 2.40. The molecule has 1 N–H and O–H groups in total. The highest BCUT2D eigenvalue weighted by molar-refractivity contribution is 6.06. The molecular formula is C12H21NO3. The monoisotopic (exact) mass is 227 g/mol. The summed E-state index contributed by atoms with van der Waals surface area (Å²) in [6, 6.07) is -0.203. The Labute approximate surface area is 96.6 Å². The summed E-state index contributed by atoms with van der Waals surface area (Å²) in [5.41, 5.74) is -0.569. The van der Waals surface area contributed by atoms with Crippen LogP contribution >= 0.6 is 0 Å². The van der Waals surface area contributed by atoms with Crippen LogP contribution in [0.1, 0.15) is 40.5 Å². The molecule has 1 heterocycles. The average Bonchev–Trinajstić information content (AvgIpc) is 2.39. The predicted molar refractivity (Wildman–Crippen MR) is 60.6 cm³/mol. The minimum absolute atomic E-state index is 0.00335. The predicted octanol–water partition coefficient (Wildman–Crippen LogP) is 1.18. The van der Waals surface area contributed by atoms with Gasteiger partial charge in [-0.25, -0.2) is 0 Å². The molecule has 1 aliphatic rings. The Kier molecular flexibility index (Phi) is 3.73. The summed E-state index contributed by atoms with van der Waals surface area (Å²) in [6.07, 6.45) is 0.741. The normalized spacial score (nSPS) is 28.0. The number of nitrogens with zero attached hydrogens (tertiary/aromatic N) is 1. The van der Waals surface area contributed by atoms with Gasteiger partial charge in [-0.15, -0.1) is 0 Å². The van der Waals surface area contributed by atoms with Crippen LogP contribution in [0.3, 0.4) is 0 Å². The number of imide groups is 1. The number of carbonyl (C=O) groups is 2. The third-order valence-electron chi connectivity index (χ3n) is 3.76. The fourth-order valence-electron chi connectivity index (χ4n) is 2.08. The van der Waals surface area contributed by atoms with Gasteiger partial charge in [0.15, 0.2) is 0 Å². The third kappa shape index (κ3) is 1.98. The molecule has 2 amide bonds. The number of likely N-dealkylation sites (tertiary alicyclic amines) is 1. The SMILES string of the molecule is CC(CCO)N1C(=O)CC(C)(C(C)C)C1=O. The molecule has 0 aromatic rings. The summed E-state index contributed by atoms with van der Waals surface area (Å²) in [5, 5.41) is 8.86. The van der Waals surface area contributed by atoms with Gasteiger partial charge >= 0.3 is 0 Å². The number of aliphatic hydroxyl groups is 1. The lowest BCUT2D eigenvalue weighted by Gasteiger charge is -2.28. The molecule has 4 heteroatoms. The highest BCUT2D eigenvalue weighted by Gasteiger charge is 2.51. The minimum atomic E-state index is -0.569. The van der Waals surface area contributed by atoms with E-state index >= 15 is 0 Å². The zero-order chi connectivity index (χ0) is 12.5. The van der Waals surface area contributed by atoms with Gasteiger partial charge in [-0.05, 0) is 26.2 Å². The number of hydrogen-bond acceptors (Lipinski definition) is 3. The Balaban J connectivity index is 2.91. The lowest BCUT2D eigenvalue weighted by molar-refractivity contribution is -0.144. The van der Waals surface area contributed by atoms with E-state index < -0.39 is 5.41 Å². The maximum Gasteiger partial charge on any atom is 0.236 e. The van der Waals surface area contributed by atoms with Crippen molar-refractivity contribution in [3.8, 4) is 0 Å². The van der Waals surface area contributed by atoms with Crippen LogP contribution in [0.5, 0.6) is 0 Å². The summed E-state index contributed by atoms with van der Waals surface area (Å²) in [6.45, 7) is 7.58. The van der Waals surface area contributed by atoms with Gasteiger partial charge in [0.25, 0.3) is 0 Å². The van der Waals surface area contributed by atoms with Crippen LogP contribution in [0, 0.1) is 11.3 Å². The lowest BCUT2D eigenvalue weighted by Crippen LogP contribution is -2.42. The summed E-state index contributed by atoms with van der Waals surface area (Å²) >= 11 is 0. The standard InChI is InChI=1S/C12H21NO3/c1-8(2)12(4)7-10(15)13(11(12)16)9(3)5-6-14/h8-9,14H,5-7H2,1-4H3. The maximum atomic E-state index is 12.2. The quantitative estimate of drug-likeness (QED) is 0.734. The molecule has 16 heavy (non-hydrogen) atoms. The number of carbonyl (C=O) groups excluding carboxylic acids is 2. The zero-order valence-corrected chi connectivity index (χ0v) is 10.5. The summed E-state index contributed by atoms with van der Waals surface area (Å²) in [4.78, 5) is 25.4. The average molecular weight is 227 g/mol. The molecule has 2 unspecified atom stereocenters. The summed E-state index contributed by atoms with van der Waals surface area (Å²) in [7, 11) is 0. The fraction of sp³-hybridized carbons (Fsp3) is 0.833. The molecule has 1 fully saturated rings. The van der Waals surface area contributed by atoms with E-state index in [1.165, 1.54) is 4.90 Å². The maximum absolute atomic E-state index is 12.2. The third-order valence-corrected chi connectivity index (χ3v) is 3.76. The molecule has 0 saturated carbocycles. The van der Waals surface area contributed by atoms with E-state index in [0.29, 0.717) is 12.8 Å². The smallest absolute Gasteiger partial charge is 0.236 e. The van der Waals surface area contributed by atoms with Crippen LogP contribution in [0.15, 0.2) is 0 Å². The van der Waals surface area contributed by atoms with Crippen molar-refractivity contribution in [1.29, 1.82) is 0 Å².